The molecule has 0 aliphatic rings. The van der Waals surface area contributed by atoms with Gasteiger partial charge in [0.15, 0.2) is 5.96 Å². The fraction of sp³-hybridized carbons (Fsp3) is 0.750. The smallest absolute Gasteiger partial charge is 0.191 e. The summed E-state index contributed by atoms with van der Waals surface area (Å²) in [5, 5.41) is 7.88. The summed E-state index contributed by atoms with van der Waals surface area (Å²) >= 11 is 1.78. The van der Waals surface area contributed by atoms with Crippen LogP contribution in [0.3, 0.4) is 0 Å². The summed E-state index contributed by atoms with van der Waals surface area (Å²) in [7, 11) is 4.17. The van der Waals surface area contributed by atoms with Crippen LogP contribution in [0, 0.1) is 13.8 Å². The molecule has 0 radical (unpaired) electrons. The quantitative estimate of drug-likeness (QED) is 0.379. The second kappa shape index (κ2) is 10.5. The Bertz CT molecular complexity index is 477. The number of aromatic nitrogens is 1. The van der Waals surface area contributed by atoms with Crippen LogP contribution in [0.15, 0.2) is 4.99 Å². The number of likely N-dealkylation sites (N-methyl/N-ethyl adjacent to an activating group) is 1. The molecule has 0 saturated carbocycles. The first-order valence-corrected chi connectivity index (χ1v) is 8.70. The molecule has 23 heavy (non-hydrogen) atoms. The topological polar surface area (TPSA) is 52.6 Å². The molecule has 0 spiro atoms. The van der Waals surface area contributed by atoms with Crippen molar-refractivity contribution >= 4 is 41.3 Å². The molecule has 0 unspecified atom stereocenters. The lowest BCUT2D eigenvalue weighted by atomic mass is 10.1. The summed E-state index contributed by atoms with van der Waals surface area (Å²) in [6, 6.07) is 0. The minimum absolute atomic E-state index is 0. The van der Waals surface area contributed by atoms with Gasteiger partial charge < -0.3 is 15.5 Å². The Morgan fingerprint density at radius 2 is 1.91 bits per heavy atom. The van der Waals surface area contributed by atoms with E-state index >= 15 is 0 Å². The van der Waals surface area contributed by atoms with Gasteiger partial charge in [0.1, 0.15) is 0 Å². The fourth-order valence-electron chi connectivity index (χ4n) is 1.69. The highest BCUT2D eigenvalue weighted by molar-refractivity contribution is 14.0. The van der Waals surface area contributed by atoms with Gasteiger partial charge >= 0.3 is 0 Å². The molecular weight excluding hydrogens is 421 g/mol. The Kier molecular flexibility index (Phi) is 10.3. The van der Waals surface area contributed by atoms with Crippen LogP contribution in [-0.2, 0) is 6.42 Å². The van der Waals surface area contributed by atoms with E-state index in [-0.39, 0.29) is 29.5 Å². The van der Waals surface area contributed by atoms with Crippen molar-refractivity contribution < 1.29 is 0 Å². The number of nitrogens with zero attached hydrogens (tertiary/aromatic N) is 3. The SMILES string of the molecule is CCNC(=NCC(C)(C)N(C)C)NCCc1nc(C)c(C)s1.I. The molecule has 7 heteroatoms. The number of hydrogen-bond acceptors (Lipinski definition) is 4. The van der Waals surface area contributed by atoms with Gasteiger partial charge in [0, 0.05) is 29.9 Å². The van der Waals surface area contributed by atoms with Crippen molar-refractivity contribution in [2.45, 2.75) is 46.6 Å². The first-order valence-electron chi connectivity index (χ1n) is 7.88. The molecule has 0 bridgehead atoms. The molecule has 1 rings (SSSR count). The van der Waals surface area contributed by atoms with Crippen LogP contribution in [0.5, 0.6) is 0 Å². The molecule has 2 N–H and O–H groups in total. The number of thiazole rings is 1. The van der Waals surface area contributed by atoms with Crippen LogP contribution >= 0.6 is 35.3 Å². The second-order valence-electron chi connectivity index (χ2n) is 6.33. The normalized spacial score (nSPS) is 12.3. The largest absolute Gasteiger partial charge is 0.357 e. The standard InChI is InChI=1S/C16H31N5S.HI/c1-8-17-15(19-11-16(4,5)21(6)7)18-10-9-14-20-12(2)13(3)22-14;/h8-11H2,1-7H3,(H2,17,18,19);1H. The van der Waals surface area contributed by atoms with Crippen LogP contribution in [-0.4, -0.2) is 55.1 Å². The molecule has 0 saturated heterocycles. The van der Waals surface area contributed by atoms with Crippen LogP contribution in [0.4, 0.5) is 0 Å². The lowest BCUT2D eigenvalue weighted by Crippen LogP contribution is -2.44. The molecule has 1 aromatic rings. The van der Waals surface area contributed by atoms with E-state index in [2.05, 4.69) is 69.2 Å². The summed E-state index contributed by atoms with van der Waals surface area (Å²) in [6.07, 6.45) is 0.931. The van der Waals surface area contributed by atoms with Crippen molar-refractivity contribution in [3.05, 3.63) is 15.6 Å². The van der Waals surface area contributed by atoms with Gasteiger partial charge in [0.25, 0.3) is 0 Å². The molecule has 0 aromatic carbocycles. The maximum Gasteiger partial charge on any atom is 0.191 e. The highest BCUT2D eigenvalue weighted by Gasteiger charge is 2.19. The molecular formula is C16H32IN5S. The van der Waals surface area contributed by atoms with Crippen LogP contribution < -0.4 is 10.6 Å². The first-order chi connectivity index (χ1) is 10.3. The predicted octanol–water partition coefficient (Wildman–Crippen LogP) is 2.82. The minimum Gasteiger partial charge on any atom is -0.357 e. The Hall–Kier alpha value is -0.410. The number of hydrogen-bond donors (Lipinski definition) is 2. The van der Waals surface area contributed by atoms with Crippen molar-refractivity contribution in [2.24, 2.45) is 4.99 Å². The van der Waals surface area contributed by atoms with Gasteiger partial charge in [-0.25, -0.2) is 4.98 Å². The maximum atomic E-state index is 4.70. The van der Waals surface area contributed by atoms with Crippen molar-refractivity contribution in [3.8, 4) is 0 Å². The van der Waals surface area contributed by atoms with E-state index in [1.165, 1.54) is 9.88 Å². The predicted molar refractivity (Wildman–Crippen MR) is 112 cm³/mol. The van der Waals surface area contributed by atoms with E-state index < -0.39 is 0 Å². The summed E-state index contributed by atoms with van der Waals surface area (Å²) in [4.78, 5) is 12.8. The van der Waals surface area contributed by atoms with E-state index in [4.69, 9.17) is 4.99 Å². The maximum absolute atomic E-state index is 4.70. The molecule has 5 nitrogen and oxygen atoms in total. The van der Waals surface area contributed by atoms with Gasteiger partial charge in [0.2, 0.25) is 0 Å². The third-order valence-electron chi connectivity index (χ3n) is 3.88. The van der Waals surface area contributed by atoms with Crippen molar-refractivity contribution in [1.29, 1.82) is 0 Å². The lowest BCUT2D eigenvalue weighted by molar-refractivity contribution is 0.204. The summed E-state index contributed by atoms with van der Waals surface area (Å²) < 4.78 is 0. The van der Waals surface area contributed by atoms with Crippen LogP contribution in [0.25, 0.3) is 0 Å². The third kappa shape index (κ3) is 7.80. The van der Waals surface area contributed by atoms with E-state index in [9.17, 15) is 0 Å². The zero-order valence-corrected chi connectivity index (χ0v) is 18.6. The van der Waals surface area contributed by atoms with Gasteiger partial charge in [-0.2, -0.15) is 0 Å². The van der Waals surface area contributed by atoms with Crippen molar-refractivity contribution in [2.75, 3.05) is 33.7 Å². The van der Waals surface area contributed by atoms with Gasteiger partial charge in [-0.1, -0.05) is 0 Å². The molecule has 1 aromatic heterocycles. The van der Waals surface area contributed by atoms with E-state index in [0.717, 1.165) is 37.7 Å². The van der Waals surface area contributed by atoms with Crippen molar-refractivity contribution in [3.63, 3.8) is 0 Å². The van der Waals surface area contributed by atoms with Crippen LogP contribution in [0.1, 0.15) is 36.3 Å². The van der Waals surface area contributed by atoms with Gasteiger partial charge in [0.05, 0.1) is 17.2 Å². The van der Waals surface area contributed by atoms with E-state index in [1.807, 2.05) is 0 Å². The third-order valence-corrected chi connectivity index (χ3v) is 5.02. The molecule has 1 heterocycles. The number of aryl methyl sites for hydroxylation is 2. The highest BCUT2D eigenvalue weighted by atomic mass is 127. The summed E-state index contributed by atoms with van der Waals surface area (Å²) in [5.41, 5.74) is 1.19. The number of halogens is 1. The number of nitrogens with one attached hydrogen (secondary N) is 2. The molecule has 0 amide bonds. The Morgan fingerprint density at radius 3 is 2.39 bits per heavy atom. The average Bonchev–Trinajstić information content (AvgIpc) is 2.75. The Balaban J connectivity index is 0.00000484. The molecule has 0 aliphatic carbocycles. The second-order valence-corrected chi connectivity index (χ2v) is 7.62. The minimum atomic E-state index is 0. The van der Waals surface area contributed by atoms with Crippen molar-refractivity contribution in [1.82, 2.24) is 20.5 Å². The average molecular weight is 453 g/mol. The van der Waals surface area contributed by atoms with Gasteiger partial charge in [-0.05, 0) is 48.7 Å². The Morgan fingerprint density at radius 1 is 1.26 bits per heavy atom. The Labute approximate surface area is 162 Å². The zero-order chi connectivity index (χ0) is 16.8. The summed E-state index contributed by atoms with van der Waals surface area (Å²) in [6.45, 7) is 13.1. The number of rotatable bonds is 7. The number of guanidine groups is 1. The van der Waals surface area contributed by atoms with Gasteiger partial charge in [-0.3, -0.25) is 4.99 Å². The highest BCUT2D eigenvalue weighted by Crippen LogP contribution is 2.16. The number of aliphatic imine (C=N–C) groups is 1. The summed E-state index contributed by atoms with van der Waals surface area (Å²) in [5.74, 6) is 0.877. The van der Waals surface area contributed by atoms with Crippen LogP contribution in [0.2, 0.25) is 0 Å². The lowest BCUT2D eigenvalue weighted by Gasteiger charge is -2.31. The first kappa shape index (κ1) is 22.6. The molecule has 0 atom stereocenters. The monoisotopic (exact) mass is 453 g/mol. The fourth-order valence-corrected chi connectivity index (χ4v) is 2.62. The molecule has 134 valence electrons. The zero-order valence-electron chi connectivity index (χ0n) is 15.5. The molecule has 0 fully saturated rings. The molecule has 0 aliphatic heterocycles. The van der Waals surface area contributed by atoms with E-state index in [1.54, 1.807) is 11.3 Å². The van der Waals surface area contributed by atoms with Gasteiger partial charge in [-0.15, -0.1) is 35.3 Å². The van der Waals surface area contributed by atoms with E-state index in [0.29, 0.717) is 0 Å².